The monoisotopic (exact) mass is 340 g/mol. The Balaban J connectivity index is 1.74. The number of H-pyrrole nitrogens is 1. The zero-order valence-electron chi connectivity index (χ0n) is 13.8. The molecule has 0 spiro atoms. The SMILES string of the molecule is Cc1[nH]nc(C(C)C)c1C(=O)N1CC[C@H](S(=O)(=O)NC2CC2)C1. The number of aryl methyl sites for hydroxylation is 1. The number of hydrogen-bond acceptors (Lipinski definition) is 4. The second kappa shape index (κ2) is 5.90. The Kier molecular flexibility index (Phi) is 4.22. The van der Waals surface area contributed by atoms with Crippen LogP contribution in [0.2, 0.25) is 0 Å². The van der Waals surface area contributed by atoms with Gasteiger partial charge in [-0.3, -0.25) is 9.89 Å². The van der Waals surface area contributed by atoms with Gasteiger partial charge in [-0.15, -0.1) is 0 Å². The standard InChI is InChI=1S/C15H24N4O3S/c1-9(2)14-13(10(3)16-17-14)15(20)19-7-6-12(8-19)23(21,22)18-11-4-5-11/h9,11-12,18H,4-8H2,1-3H3,(H,16,17)/t12-/m0/s1. The highest BCUT2D eigenvalue weighted by molar-refractivity contribution is 7.90. The van der Waals surface area contributed by atoms with Crippen LogP contribution in [0.5, 0.6) is 0 Å². The fourth-order valence-corrected chi connectivity index (χ4v) is 4.67. The highest BCUT2D eigenvalue weighted by atomic mass is 32.2. The first-order valence-electron chi connectivity index (χ1n) is 8.15. The maximum atomic E-state index is 12.8. The van der Waals surface area contributed by atoms with Gasteiger partial charge in [0.2, 0.25) is 10.0 Å². The van der Waals surface area contributed by atoms with Crippen molar-refractivity contribution in [2.45, 2.75) is 57.2 Å². The second-order valence-corrected chi connectivity index (χ2v) is 8.85. The number of hydrogen-bond donors (Lipinski definition) is 2. The van der Waals surface area contributed by atoms with Gasteiger partial charge in [0.05, 0.1) is 16.5 Å². The summed E-state index contributed by atoms with van der Waals surface area (Å²) in [5.74, 6) is 0.0154. The molecule has 1 aromatic rings. The number of aromatic amines is 1. The molecule has 7 nitrogen and oxygen atoms in total. The molecule has 0 bridgehead atoms. The number of rotatable bonds is 5. The molecule has 2 fully saturated rings. The summed E-state index contributed by atoms with van der Waals surface area (Å²) >= 11 is 0. The summed E-state index contributed by atoms with van der Waals surface area (Å²) in [5.41, 5.74) is 2.07. The number of nitrogens with one attached hydrogen (secondary N) is 2. The van der Waals surface area contributed by atoms with E-state index in [0.29, 0.717) is 18.5 Å². The van der Waals surface area contributed by atoms with E-state index in [9.17, 15) is 13.2 Å². The predicted molar refractivity (Wildman–Crippen MR) is 86.8 cm³/mol. The first kappa shape index (κ1) is 16.4. The van der Waals surface area contributed by atoms with Crippen molar-refractivity contribution in [3.8, 4) is 0 Å². The van der Waals surface area contributed by atoms with Crippen molar-refractivity contribution in [3.63, 3.8) is 0 Å². The summed E-state index contributed by atoms with van der Waals surface area (Å²) in [6.45, 7) is 6.53. The van der Waals surface area contributed by atoms with E-state index < -0.39 is 15.3 Å². The molecule has 1 saturated carbocycles. The molecule has 1 amide bonds. The molecule has 128 valence electrons. The zero-order valence-corrected chi connectivity index (χ0v) is 14.6. The molecule has 0 radical (unpaired) electrons. The van der Waals surface area contributed by atoms with E-state index >= 15 is 0 Å². The number of amides is 1. The molecule has 3 rings (SSSR count). The lowest BCUT2D eigenvalue weighted by Crippen LogP contribution is -2.38. The van der Waals surface area contributed by atoms with Crippen molar-refractivity contribution in [3.05, 3.63) is 17.0 Å². The van der Waals surface area contributed by atoms with Gasteiger partial charge in [0.1, 0.15) is 0 Å². The topological polar surface area (TPSA) is 95.2 Å². The molecule has 0 aromatic carbocycles. The number of likely N-dealkylation sites (tertiary alicyclic amines) is 1. The minimum atomic E-state index is -3.34. The van der Waals surface area contributed by atoms with Gasteiger partial charge in [-0.05, 0) is 32.1 Å². The van der Waals surface area contributed by atoms with E-state index in [-0.39, 0.29) is 24.4 Å². The van der Waals surface area contributed by atoms with Crippen molar-refractivity contribution >= 4 is 15.9 Å². The van der Waals surface area contributed by atoms with Crippen LogP contribution in [0.3, 0.4) is 0 Å². The Morgan fingerprint density at radius 3 is 2.65 bits per heavy atom. The van der Waals surface area contributed by atoms with Crippen molar-refractivity contribution in [2.24, 2.45) is 0 Å². The fourth-order valence-electron chi connectivity index (χ4n) is 2.99. The van der Waals surface area contributed by atoms with Gasteiger partial charge < -0.3 is 4.90 Å². The third-order valence-corrected chi connectivity index (χ3v) is 6.44. The van der Waals surface area contributed by atoms with Gasteiger partial charge in [0.15, 0.2) is 0 Å². The maximum Gasteiger partial charge on any atom is 0.257 e. The van der Waals surface area contributed by atoms with Gasteiger partial charge in [-0.2, -0.15) is 5.10 Å². The summed E-state index contributed by atoms with van der Waals surface area (Å²) in [5, 5.41) is 6.58. The van der Waals surface area contributed by atoms with E-state index in [4.69, 9.17) is 0 Å². The fraction of sp³-hybridized carbons (Fsp3) is 0.733. The van der Waals surface area contributed by atoms with Crippen molar-refractivity contribution in [1.29, 1.82) is 0 Å². The summed E-state index contributed by atoms with van der Waals surface area (Å²) < 4.78 is 27.3. The molecule has 1 aliphatic heterocycles. The van der Waals surface area contributed by atoms with Crippen LogP contribution >= 0.6 is 0 Å². The van der Waals surface area contributed by atoms with Crippen LogP contribution < -0.4 is 4.72 Å². The molecule has 2 heterocycles. The van der Waals surface area contributed by atoms with Crippen molar-refractivity contribution in [2.75, 3.05) is 13.1 Å². The van der Waals surface area contributed by atoms with Crippen LogP contribution in [0.4, 0.5) is 0 Å². The van der Waals surface area contributed by atoms with Crippen LogP contribution in [-0.2, 0) is 10.0 Å². The second-order valence-electron chi connectivity index (χ2n) is 6.86. The largest absolute Gasteiger partial charge is 0.337 e. The normalized spacial score (nSPS) is 22.1. The van der Waals surface area contributed by atoms with Crippen molar-refractivity contribution in [1.82, 2.24) is 19.8 Å². The zero-order chi connectivity index (χ0) is 16.8. The molecule has 1 aromatic heterocycles. The quantitative estimate of drug-likeness (QED) is 0.840. The van der Waals surface area contributed by atoms with Crippen LogP contribution in [0.25, 0.3) is 0 Å². The van der Waals surface area contributed by atoms with Gasteiger partial charge in [-0.1, -0.05) is 13.8 Å². The van der Waals surface area contributed by atoms with Gasteiger partial charge in [-0.25, -0.2) is 13.1 Å². The lowest BCUT2D eigenvalue weighted by Gasteiger charge is -2.18. The highest BCUT2D eigenvalue weighted by Crippen LogP contribution is 2.26. The average molecular weight is 340 g/mol. The summed E-state index contributed by atoms with van der Waals surface area (Å²) in [4.78, 5) is 14.5. The first-order valence-corrected chi connectivity index (χ1v) is 9.69. The molecule has 23 heavy (non-hydrogen) atoms. The molecule has 2 N–H and O–H groups in total. The lowest BCUT2D eigenvalue weighted by atomic mass is 10.0. The third-order valence-electron chi connectivity index (χ3n) is 4.52. The number of carbonyl (C=O) groups excluding carboxylic acids is 1. The van der Waals surface area contributed by atoms with E-state index in [1.54, 1.807) is 4.90 Å². The number of carbonyl (C=O) groups is 1. The molecule has 1 atom stereocenters. The summed E-state index contributed by atoms with van der Waals surface area (Å²) in [6, 6.07) is 0.105. The molecular weight excluding hydrogens is 316 g/mol. The molecule has 0 unspecified atom stereocenters. The van der Waals surface area contributed by atoms with Gasteiger partial charge in [0.25, 0.3) is 5.91 Å². The third kappa shape index (κ3) is 3.28. The van der Waals surface area contributed by atoms with Crippen LogP contribution in [0.1, 0.15) is 60.8 Å². The van der Waals surface area contributed by atoms with E-state index in [1.165, 1.54) is 0 Å². The Labute approximate surface area is 136 Å². The Morgan fingerprint density at radius 2 is 2.04 bits per heavy atom. The number of aromatic nitrogens is 2. The minimum absolute atomic E-state index is 0.105. The molecule has 1 aliphatic carbocycles. The van der Waals surface area contributed by atoms with Crippen LogP contribution in [0.15, 0.2) is 0 Å². The Hall–Kier alpha value is -1.41. The molecule has 8 heteroatoms. The summed E-state index contributed by atoms with van der Waals surface area (Å²) in [6.07, 6.45) is 2.32. The lowest BCUT2D eigenvalue weighted by molar-refractivity contribution is 0.0791. The first-order chi connectivity index (χ1) is 10.8. The predicted octanol–water partition coefficient (Wildman–Crippen LogP) is 1.14. The van der Waals surface area contributed by atoms with Gasteiger partial charge in [0, 0.05) is 24.8 Å². The van der Waals surface area contributed by atoms with Crippen molar-refractivity contribution < 1.29 is 13.2 Å². The maximum absolute atomic E-state index is 12.8. The van der Waals surface area contributed by atoms with Crippen LogP contribution in [-0.4, -0.2) is 53.8 Å². The Bertz CT molecular complexity index is 706. The summed E-state index contributed by atoms with van der Waals surface area (Å²) in [7, 11) is -3.34. The average Bonchev–Trinajstić information content (AvgIpc) is 3.01. The number of sulfonamides is 1. The van der Waals surface area contributed by atoms with E-state index in [1.807, 2.05) is 20.8 Å². The minimum Gasteiger partial charge on any atom is -0.337 e. The van der Waals surface area contributed by atoms with E-state index in [2.05, 4.69) is 14.9 Å². The molecule has 2 aliphatic rings. The Morgan fingerprint density at radius 1 is 1.35 bits per heavy atom. The molecule has 1 saturated heterocycles. The van der Waals surface area contributed by atoms with E-state index in [0.717, 1.165) is 24.2 Å². The highest BCUT2D eigenvalue weighted by Gasteiger charge is 2.39. The van der Waals surface area contributed by atoms with Gasteiger partial charge >= 0.3 is 0 Å². The smallest absolute Gasteiger partial charge is 0.257 e. The molecular formula is C15H24N4O3S. The van der Waals surface area contributed by atoms with Crippen LogP contribution in [0, 0.1) is 6.92 Å². The number of nitrogens with zero attached hydrogens (tertiary/aromatic N) is 2.